The van der Waals surface area contributed by atoms with Crippen LogP contribution in [0.4, 0.5) is 0 Å². The second kappa shape index (κ2) is 5.73. The molecule has 2 N–H and O–H groups in total. The number of carbonyl (C=O) groups is 1. The number of carbonyl (C=O) groups excluding carboxylic acids is 1. The third kappa shape index (κ3) is 2.91. The Hall–Kier alpha value is -2.04. The molecular weight excluding hydrogens is 338 g/mol. The van der Waals surface area contributed by atoms with Gasteiger partial charge < -0.3 is 10.5 Å². The van der Waals surface area contributed by atoms with Gasteiger partial charge in [0.15, 0.2) is 11.5 Å². The summed E-state index contributed by atoms with van der Waals surface area (Å²) in [6, 6.07) is 6.37. The van der Waals surface area contributed by atoms with Crippen LogP contribution in [0.3, 0.4) is 0 Å². The number of hydrogen-bond donors (Lipinski definition) is 1. The number of nitrogens with two attached hydrogens (primary N) is 1. The molecule has 1 amide bonds. The number of fused-ring (bicyclic) bond motifs is 2. The zero-order valence-corrected chi connectivity index (χ0v) is 17.1. The number of hydrogen-bond acceptors (Lipinski definition) is 4. The Morgan fingerprint density at radius 1 is 1.19 bits per heavy atom. The van der Waals surface area contributed by atoms with E-state index in [4.69, 9.17) is 10.5 Å². The van der Waals surface area contributed by atoms with Crippen molar-refractivity contribution in [1.82, 2.24) is 4.90 Å². The standard InChI is InChI=1S/C22H31N3O2/c1-20(2)10-8-14(9-11-20)15-6-7-17-16(12-15)22(13-21(3,4)27-17)18(26)25(5)19(23)24-22/h6-7,12,14H,8-11,13H2,1-5H3,(H2,23,24). The summed E-state index contributed by atoms with van der Waals surface area (Å²) in [5.74, 6) is 1.52. The van der Waals surface area contributed by atoms with Gasteiger partial charge in [0.25, 0.3) is 5.91 Å². The predicted octanol–water partition coefficient (Wildman–Crippen LogP) is 3.91. The van der Waals surface area contributed by atoms with Crippen LogP contribution in [0.15, 0.2) is 23.2 Å². The van der Waals surface area contributed by atoms with Crippen LogP contribution in [0.25, 0.3) is 0 Å². The molecule has 1 aromatic carbocycles. The summed E-state index contributed by atoms with van der Waals surface area (Å²) in [5.41, 5.74) is 7.21. The third-order valence-corrected chi connectivity index (χ3v) is 6.64. The third-order valence-electron chi connectivity index (χ3n) is 6.64. The van der Waals surface area contributed by atoms with Gasteiger partial charge in [0.05, 0.1) is 0 Å². The number of amides is 1. The summed E-state index contributed by atoms with van der Waals surface area (Å²) in [6.45, 7) is 8.72. The van der Waals surface area contributed by atoms with E-state index in [0.29, 0.717) is 17.8 Å². The highest BCUT2D eigenvalue weighted by molar-refractivity contribution is 6.07. The number of benzene rings is 1. The van der Waals surface area contributed by atoms with E-state index in [9.17, 15) is 4.79 Å². The molecule has 1 aromatic rings. The van der Waals surface area contributed by atoms with Crippen LogP contribution in [0.5, 0.6) is 5.75 Å². The van der Waals surface area contributed by atoms with Crippen LogP contribution in [-0.4, -0.2) is 29.4 Å². The minimum absolute atomic E-state index is 0.0560. The van der Waals surface area contributed by atoms with Crippen molar-refractivity contribution in [3.8, 4) is 5.75 Å². The Kier molecular flexibility index (Phi) is 3.89. The SMILES string of the molecule is CN1C(=O)C2(CC(C)(C)Oc3ccc(C4CCC(C)(C)CC4)cc32)N=C1N. The molecule has 1 unspecified atom stereocenters. The van der Waals surface area contributed by atoms with Crippen LogP contribution in [-0.2, 0) is 10.3 Å². The van der Waals surface area contributed by atoms with E-state index in [1.54, 1.807) is 7.05 Å². The first-order valence-electron chi connectivity index (χ1n) is 10.0. The van der Waals surface area contributed by atoms with Crippen molar-refractivity contribution >= 4 is 11.9 Å². The fraction of sp³-hybridized carbons (Fsp3) is 0.636. The van der Waals surface area contributed by atoms with Crippen LogP contribution in [0.2, 0.25) is 0 Å². The van der Waals surface area contributed by atoms with Crippen molar-refractivity contribution in [2.45, 2.75) is 76.9 Å². The van der Waals surface area contributed by atoms with E-state index in [1.165, 1.54) is 36.1 Å². The van der Waals surface area contributed by atoms with Gasteiger partial charge in [-0.25, -0.2) is 4.99 Å². The van der Waals surface area contributed by atoms with Gasteiger partial charge in [-0.3, -0.25) is 9.69 Å². The van der Waals surface area contributed by atoms with Gasteiger partial charge in [-0.15, -0.1) is 0 Å². The van der Waals surface area contributed by atoms with E-state index < -0.39 is 11.1 Å². The molecule has 0 bridgehead atoms. The maximum absolute atomic E-state index is 13.2. The fourth-order valence-electron chi connectivity index (χ4n) is 4.98. The van der Waals surface area contributed by atoms with E-state index in [2.05, 4.69) is 31.0 Å². The summed E-state index contributed by atoms with van der Waals surface area (Å²) in [4.78, 5) is 19.3. The summed E-state index contributed by atoms with van der Waals surface area (Å²) >= 11 is 0. The van der Waals surface area contributed by atoms with Crippen molar-refractivity contribution in [3.63, 3.8) is 0 Å². The minimum atomic E-state index is -0.958. The van der Waals surface area contributed by atoms with Gasteiger partial charge in [-0.2, -0.15) is 0 Å². The molecule has 3 aliphatic rings. The number of aliphatic imine (C=N–C) groups is 1. The largest absolute Gasteiger partial charge is 0.487 e. The van der Waals surface area contributed by atoms with Crippen LogP contribution >= 0.6 is 0 Å². The average Bonchev–Trinajstić information content (AvgIpc) is 2.78. The molecule has 1 aliphatic carbocycles. The second-order valence-electron chi connectivity index (χ2n) is 9.93. The molecule has 5 nitrogen and oxygen atoms in total. The van der Waals surface area contributed by atoms with Crippen LogP contribution in [0.1, 0.15) is 76.8 Å². The first-order chi connectivity index (χ1) is 12.5. The molecule has 146 valence electrons. The maximum atomic E-state index is 13.2. The quantitative estimate of drug-likeness (QED) is 0.816. The van der Waals surface area contributed by atoms with Crippen molar-refractivity contribution in [1.29, 1.82) is 0 Å². The van der Waals surface area contributed by atoms with E-state index in [1.807, 2.05) is 19.9 Å². The molecule has 0 saturated heterocycles. The predicted molar refractivity (Wildman–Crippen MR) is 107 cm³/mol. The molecule has 2 heterocycles. The van der Waals surface area contributed by atoms with Crippen molar-refractivity contribution in [3.05, 3.63) is 29.3 Å². The first kappa shape index (κ1) is 18.3. The lowest BCUT2D eigenvalue weighted by Gasteiger charge is -2.42. The highest BCUT2D eigenvalue weighted by Crippen LogP contribution is 2.50. The summed E-state index contributed by atoms with van der Waals surface area (Å²) in [5, 5.41) is 0. The molecular formula is C22H31N3O2. The molecule has 0 radical (unpaired) electrons. The lowest BCUT2D eigenvalue weighted by atomic mass is 9.70. The number of ether oxygens (including phenoxy) is 1. The number of guanidine groups is 1. The normalized spacial score (nSPS) is 29.4. The van der Waals surface area contributed by atoms with E-state index in [0.717, 1.165) is 11.3 Å². The van der Waals surface area contributed by atoms with E-state index in [-0.39, 0.29) is 11.9 Å². The topological polar surface area (TPSA) is 67.9 Å². The summed E-state index contributed by atoms with van der Waals surface area (Å²) in [7, 11) is 1.70. The zero-order valence-electron chi connectivity index (χ0n) is 17.1. The Bertz CT molecular complexity index is 817. The van der Waals surface area contributed by atoms with Gasteiger partial charge in [-0.1, -0.05) is 19.9 Å². The molecule has 1 atom stereocenters. The minimum Gasteiger partial charge on any atom is -0.487 e. The highest BCUT2D eigenvalue weighted by Gasteiger charge is 2.55. The van der Waals surface area contributed by atoms with Crippen molar-refractivity contribution in [2.75, 3.05) is 7.05 Å². The summed E-state index contributed by atoms with van der Waals surface area (Å²) in [6.07, 6.45) is 5.33. The molecule has 4 rings (SSSR count). The molecule has 5 heteroatoms. The first-order valence-corrected chi connectivity index (χ1v) is 10.0. The van der Waals surface area contributed by atoms with Crippen molar-refractivity contribution < 1.29 is 9.53 Å². The fourth-order valence-corrected chi connectivity index (χ4v) is 4.98. The lowest BCUT2D eigenvalue weighted by Crippen LogP contribution is -2.49. The molecule has 1 spiro atoms. The van der Waals surface area contributed by atoms with Gasteiger partial charge >= 0.3 is 0 Å². The van der Waals surface area contributed by atoms with Gasteiger partial charge in [-0.05, 0) is 68.6 Å². The van der Waals surface area contributed by atoms with E-state index >= 15 is 0 Å². The summed E-state index contributed by atoms with van der Waals surface area (Å²) < 4.78 is 6.22. The van der Waals surface area contributed by atoms with Gasteiger partial charge in [0, 0.05) is 19.0 Å². The molecule has 2 aliphatic heterocycles. The second-order valence-corrected chi connectivity index (χ2v) is 9.93. The molecule has 1 fully saturated rings. The zero-order chi connectivity index (χ0) is 19.6. The Balaban J connectivity index is 1.77. The molecule has 27 heavy (non-hydrogen) atoms. The van der Waals surface area contributed by atoms with Crippen LogP contribution < -0.4 is 10.5 Å². The lowest BCUT2D eigenvalue weighted by molar-refractivity contribution is -0.133. The smallest absolute Gasteiger partial charge is 0.261 e. The Morgan fingerprint density at radius 2 is 1.85 bits per heavy atom. The monoisotopic (exact) mass is 369 g/mol. The molecule has 0 aromatic heterocycles. The Labute approximate surface area is 162 Å². The van der Waals surface area contributed by atoms with Gasteiger partial charge in [0.2, 0.25) is 0 Å². The highest BCUT2D eigenvalue weighted by atomic mass is 16.5. The number of likely N-dealkylation sites (N-methyl/N-ethyl adjacent to an activating group) is 1. The number of nitrogens with zero attached hydrogens (tertiary/aromatic N) is 2. The average molecular weight is 370 g/mol. The van der Waals surface area contributed by atoms with Crippen LogP contribution in [0, 0.1) is 5.41 Å². The number of rotatable bonds is 1. The van der Waals surface area contributed by atoms with Gasteiger partial charge in [0.1, 0.15) is 11.4 Å². The maximum Gasteiger partial charge on any atom is 0.261 e. The Morgan fingerprint density at radius 3 is 2.44 bits per heavy atom. The van der Waals surface area contributed by atoms with Crippen molar-refractivity contribution in [2.24, 2.45) is 16.1 Å². The molecule has 1 saturated carbocycles.